The number of amides is 1. The Bertz CT molecular complexity index is 468. The number of hydrogen-bond donors (Lipinski definition) is 1. The van der Waals surface area contributed by atoms with E-state index in [-0.39, 0.29) is 6.42 Å². The van der Waals surface area contributed by atoms with Gasteiger partial charge in [0, 0.05) is 18.4 Å². The number of nitrogens with zero attached hydrogens (tertiary/aromatic N) is 2. The summed E-state index contributed by atoms with van der Waals surface area (Å²) < 4.78 is 5.33. The van der Waals surface area contributed by atoms with E-state index in [0.717, 1.165) is 0 Å². The molecule has 1 N–H and O–H groups in total. The highest BCUT2D eigenvalue weighted by Crippen LogP contribution is 2.21. The van der Waals surface area contributed by atoms with Gasteiger partial charge in [0.15, 0.2) is 0 Å². The van der Waals surface area contributed by atoms with E-state index < -0.39 is 23.7 Å². The Morgan fingerprint density at radius 2 is 1.90 bits per heavy atom. The van der Waals surface area contributed by atoms with Gasteiger partial charge in [-0.15, -0.1) is 0 Å². The summed E-state index contributed by atoms with van der Waals surface area (Å²) in [6, 6.07) is 2.76. The monoisotopic (exact) mass is 280 g/mol. The van der Waals surface area contributed by atoms with E-state index in [2.05, 4.69) is 4.98 Å². The van der Waals surface area contributed by atoms with E-state index in [1.165, 1.54) is 4.90 Å². The van der Waals surface area contributed by atoms with E-state index in [4.69, 9.17) is 9.84 Å². The number of aliphatic carboxylic acids is 1. The second kappa shape index (κ2) is 6.36. The number of rotatable bonds is 4. The third kappa shape index (κ3) is 4.87. The summed E-state index contributed by atoms with van der Waals surface area (Å²) in [6.07, 6.45) is 2.35. The number of carboxylic acids is 1. The van der Waals surface area contributed by atoms with E-state index >= 15 is 0 Å². The third-order valence-corrected chi connectivity index (χ3v) is 2.44. The van der Waals surface area contributed by atoms with Crippen LogP contribution in [0.15, 0.2) is 24.5 Å². The van der Waals surface area contributed by atoms with Gasteiger partial charge in [-0.25, -0.2) is 4.79 Å². The molecule has 0 spiro atoms. The van der Waals surface area contributed by atoms with E-state index in [9.17, 15) is 9.59 Å². The van der Waals surface area contributed by atoms with Crippen molar-refractivity contribution in [2.24, 2.45) is 0 Å². The molecule has 0 radical (unpaired) electrons. The van der Waals surface area contributed by atoms with Crippen LogP contribution in [-0.4, -0.2) is 33.8 Å². The SMILES string of the molecule is C[C@@H](CC(=O)O)N(C(=O)OC(C)(C)C)c1ccncc1. The van der Waals surface area contributed by atoms with Gasteiger partial charge in [0.1, 0.15) is 5.60 Å². The fourth-order valence-corrected chi connectivity index (χ4v) is 1.70. The molecule has 1 aromatic rings. The Morgan fingerprint density at radius 1 is 1.35 bits per heavy atom. The van der Waals surface area contributed by atoms with Crippen LogP contribution in [0.4, 0.5) is 10.5 Å². The molecule has 20 heavy (non-hydrogen) atoms. The molecular weight excluding hydrogens is 260 g/mol. The summed E-state index contributed by atoms with van der Waals surface area (Å²) in [7, 11) is 0. The molecule has 1 amide bonds. The van der Waals surface area contributed by atoms with Crippen molar-refractivity contribution in [3.05, 3.63) is 24.5 Å². The summed E-state index contributed by atoms with van der Waals surface area (Å²) in [4.78, 5) is 28.4. The number of pyridine rings is 1. The number of carbonyl (C=O) groups excluding carboxylic acids is 1. The first-order valence-corrected chi connectivity index (χ1v) is 6.35. The van der Waals surface area contributed by atoms with Crippen LogP contribution in [0.1, 0.15) is 34.1 Å². The van der Waals surface area contributed by atoms with Gasteiger partial charge in [-0.05, 0) is 39.8 Å². The molecule has 0 aliphatic heterocycles. The Kier molecular flexibility index (Phi) is 5.07. The maximum Gasteiger partial charge on any atom is 0.415 e. The number of carboxylic acid groups (broad SMARTS) is 1. The van der Waals surface area contributed by atoms with Crippen molar-refractivity contribution in [1.29, 1.82) is 0 Å². The zero-order chi connectivity index (χ0) is 15.3. The lowest BCUT2D eigenvalue weighted by molar-refractivity contribution is -0.137. The van der Waals surface area contributed by atoms with Gasteiger partial charge < -0.3 is 9.84 Å². The number of hydrogen-bond acceptors (Lipinski definition) is 4. The van der Waals surface area contributed by atoms with Crippen LogP contribution in [0.25, 0.3) is 0 Å². The lowest BCUT2D eigenvalue weighted by atomic mass is 10.2. The van der Waals surface area contributed by atoms with Gasteiger partial charge in [-0.1, -0.05) is 0 Å². The first-order chi connectivity index (χ1) is 9.20. The normalized spacial score (nSPS) is 12.6. The zero-order valence-corrected chi connectivity index (χ0v) is 12.2. The summed E-state index contributed by atoms with van der Waals surface area (Å²) in [5, 5.41) is 8.90. The molecule has 0 unspecified atom stereocenters. The highest BCUT2D eigenvalue weighted by atomic mass is 16.6. The third-order valence-electron chi connectivity index (χ3n) is 2.44. The van der Waals surface area contributed by atoms with Crippen molar-refractivity contribution < 1.29 is 19.4 Å². The Morgan fingerprint density at radius 3 is 2.35 bits per heavy atom. The van der Waals surface area contributed by atoms with Gasteiger partial charge in [-0.2, -0.15) is 0 Å². The van der Waals surface area contributed by atoms with Crippen molar-refractivity contribution in [1.82, 2.24) is 4.98 Å². The van der Waals surface area contributed by atoms with Gasteiger partial charge in [0.25, 0.3) is 0 Å². The van der Waals surface area contributed by atoms with Crippen molar-refractivity contribution in [3.63, 3.8) is 0 Å². The highest BCUT2D eigenvalue weighted by Gasteiger charge is 2.28. The standard InChI is InChI=1S/C14H20N2O4/c1-10(9-12(17)18)16(11-5-7-15-8-6-11)13(19)20-14(2,3)4/h5-8,10H,9H2,1-4H3,(H,17,18)/t10-/m0/s1. The van der Waals surface area contributed by atoms with Crippen LogP contribution in [-0.2, 0) is 9.53 Å². The molecule has 110 valence electrons. The summed E-state index contributed by atoms with van der Waals surface area (Å²) in [5.74, 6) is -0.972. The minimum atomic E-state index is -0.972. The number of aromatic nitrogens is 1. The molecule has 0 saturated carbocycles. The Labute approximate surface area is 118 Å². The van der Waals surface area contributed by atoms with E-state index in [1.807, 2.05) is 0 Å². The lowest BCUT2D eigenvalue weighted by Crippen LogP contribution is -2.43. The van der Waals surface area contributed by atoms with Crippen LogP contribution < -0.4 is 4.90 Å². The molecule has 1 atom stereocenters. The Balaban J connectivity index is 3.02. The Hall–Kier alpha value is -2.11. The second-order valence-corrected chi connectivity index (χ2v) is 5.50. The van der Waals surface area contributed by atoms with Gasteiger partial charge in [0.05, 0.1) is 12.1 Å². The van der Waals surface area contributed by atoms with Crippen LogP contribution in [0, 0.1) is 0 Å². The van der Waals surface area contributed by atoms with Crippen molar-refractivity contribution in [2.75, 3.05) is 4.90 Å². The molecule has 0 aliphatic carbocycles. The first-order valence-electron chi connectivity index (χ1n) is 6.35. The molecule has 0 saturated heterocycles. The van der Waals surface area contributed by atoms with Crippen molar-refractivity contribution >= 4 is 17.7 Å². The maximum atomic E-state index is 12.3. The fourth-order valence-electron chi connectivity index (χ4n) is 1.70. The first kappa shape index (κ1) is 15.9. The number of carbonyl (C=O) groups is 2. The molecule has 0 bridgehead atoms. The average molecular weight is 280 g/mol. The van der Waals surface area contributed by atoms with E-state index in [1.54, 1.807) is 52.2 Å². The summed E-state index contributed by atoms with van der Waals surface area (Å²) in [5.41, 5.74) is -0.0892. The minimum absolute atomic E-state index is 0.165. The average Bonchev–Trinajstić information content (AvgIpc) is 2.26. The topological polar surface area (TPSA) is 79.7 Å². The van der Waals surface area contributed by atoms with Gasteiger partial charge >= 0.3 is 12.1 Å². The highest BCUT2D eigenvalue weighted by molar-refractivity contribution is 5.89. The number of ether oxygens (including phenoxy) is 1. The fraction of sp³-hybridized carbons (Fsp3) is 0.500. The van der Waals surface area contributed by atoms with Crippen LogP contribution in [0.5, 0.6) is 0 Å². The summed E-state index contributed by atoms with van der Waals surface area (Å²) >= 11 is 0. The molecular formula is C14H20N2O4. The number of anilines is 1. The van der Waals surface area contributed by atoms with Crippen LogP contribution in [0.3, 0.4) is 0 Å². The molecule has 0 aliphatic rings. The molecule has 6 heteroatoms. The smallest absolute Gasteiger partial charge is 0.415 e. The van der Waals surface area contributed by atoms with Crippen molar-refractivity contribution in [2.45, 2.75) is 45.8 Å². The molecule has 0 aromatic carbocycles. The largest absolute Gasteiger partial charge is 0.481 e. The molecule has 6 nitrogen and oxygen atoms in total. The summed E-state index contributed by atoms with van der Waals surface area (Å²) in [6.45, 7) is 6.95. The second-order valence-electron chi connectivity index (χ2n) is 5.50. The molecule has 0 fully saturated rings. The van der Waals surface area contributed by atoms with Crippen molar-refractivity contribution in [3.8, 4) is 0 Å². The zero-order valence-electron chi connectivity index (χ0n) is 12.2. The predicted molar refractivity (Wildman–Crippen MR) is 74.7 cm³/mol. The van der Waals surface area contributed by atoms with Gasteiger partial charge in [0.2, 0.25) is 0 Å². The quantitative estimate of drug-likeness (QED) is 0.917. The minimum Gasteiger partial charge on any atom is -0.481 e. The predicted octanol–water partition coefficient (Wildman–Crippen LogP) is 2.69. The van der Waals surface area contributed by atoms with Crippen LogP contribution >= 0.6 is 0 Å². The van der Waals surface area contributed by atoms with Gasteiger partial charge in [-0.3, -0.25) is 14.7 Å². The lowest BCUT2D eigenvalue weighted by Gasteiger charge is -2.31. The van der Waals surface area contributed by atoms with E-state index in [0.29, 0.717) is 5.69 Å². The molecule has 1 rings (SSSR count). The molecule has 1 aromatic heterocycles. The van der Waals surface area contributed by atoms with Crippen LogP contribution in [0.2, 0.25) is 0 Å². The maximum absolute atomic E-state index is 12.3. The molecule has 1 heterocycles.